The van der Waals surface area contributed by atoms with E-state index in [0.29, 0.717) is 28.9 Å². The number of sulfonamides is 1. The van der Waals surface area contributed by atoms with E-state index in [1.807, 2.05) is 0 Å². The number of hydrogen-bond acceptors (Lipinski definition) is 7. The summed E-state index contributed by atoms with van der Waals surface area (Å²) < 4.78 is 34.9. The lowest BCUT2D eigenvalue weighted by Gasteiger charge is -2.12. The van der Waals surface area contributed by atoms with Crippen LogP contribution < -0.4 is 9.46 Å². The van der Waals surface area contributed by atoms with E-state index in [4.69, 9.17) is 9.84 Å². The molecule has 1 aromatic heterocycles. The molecule has 11 heteroatoms. The van der Waals surface area contributed by atoms with Crippen LogP contribution in [0.15, 0.2) is 47.4 Å². The molecule has 1 saturated carbocycles. The fourth-order valence-electron chi connectivity index (χ4n) is 2.94. The molecule has 1 aliphatic rings. The summed E-state index contributed by atoms with van der Waals surface area (Å²) in [5, 5.41) is 20.5. The SMILES string of the molecule is Cc1cc(S(=O)(=O)Nc2ccc(-c3nnnn3C3CC3)cc2)ccc1OCC(=O)O. The van der Waals surface area contributed by atoms with E-state index in [-0.39, 0.29) is 4.90 Å². The standard InChI is InChI=1S/C19H19N5O5S/c1-12-10-16(8-9-17(12)29-11-18(25)26)30(27,28)21-14-4-2-13(3-5-14)19-20-22-23-24(19)15-6-7-15/h2-5,8-10,15,21H,6-7,11H2,1H3,(H,25,26). The predicted molar refractivity (Wildman–Crippen MR) is 107 cm³/mol. The molecule has 10 nitrogen and oxygen atoms in total. The number of aliphatic carboxylic acids is 1. The zero-order chi connectivity index (χ0) is 21.3. The Labute approximate surface area is 172 Å². The van der Waals surface area contributed by atoms with Crippen molar-refractivity contribution in [3.8, 4) is 17.1 Å². The molecular weight excluding hydrogens is 410 g/mol. The van der Waals surface area contributed by atoms with Crippen molar-refractivity contribution in [2.45, 2.75) is 30.7 Å². The van der Waals surface area contributed by atoms with Gasteiger partial charge in [0.25, 0.3) is 10.0 Å². The molecule has 0 spiro atoms. The van der Waals surface area contributed by atoms with Gasteiger partial charge in [0.05, 0.1) is 10.9 Å². The number of tetrazole rings is 1. The van der Waals surface area contributed by atoms with Crippen molar-refractivity contribution >= 4 is 21.7 Å². The first-order chi connectivity index (χ1) is 14.3. The number of hydrogen-bond donors (Lipinski definition) is 2. The van der Waals surface area contributed by atoms with Gasteiger partial charge in [0.2, 0.25) is 0 Å². The number of rotatable bonds is 8. The normalized spacial score (nSPS) is 13.8. The number of benzene rings is 2. The van der Waals surface area contributed by atoms with Gasteiger partial charge in [-0.05, 0) is 78.2 Å². The molecule has 3 aromatic rings. The molecule has 0 saturated heterocycles. The van der Waals surface area contributed by atoms with Gasteiger partial charge in [0.15, 0.2) is 12.4 Å². The molecular formula is C19H19N5O5S. The van der Waals surface area contributed by atoms with Gasteiger partial charge < -0.3 is 9.84 Å². The number of carbonyl (C=O) groups is 1. The maximum Gasteiger partial charge on any atom is 0.341 e. The monoisotopic (exact) mass is 429 g/mol. The topological polar surface area (TPSA) is 136 Å². The molecule has 0 unspecified atom stereocenters. The number of anilines is 1. The van der Waals surface area contributed by atoms with Crippen molar-refractivity contribution < 1.29 is 23.1 Å². The lowest BCUT2D eigenvalue weighted by molar-refractivity contribution is -0.139. The fourth-order valence-corrected chi connectivity index (χ4v) is 4.08. The van der Waals surface area contributed by atoms with Crippen LogP contribution in [0.25, 0.3) is 11.4 Å². The largest absolute Gasteiger partial charge is 0.482 e. The van der Waals surface area contributed by atoms with E-state index < -0.39 is 22.6 Å². The number of nitrogens with zero attached hydrogens (tertiary/aromatic N) is 4. The molecule has 2 N–H and O–H groups in total. The van der Waals surface area contributed by atoms with Crippen LogP contribution in [0.2, 0.25) is 0 Å². The number of carboxylic acids is 1. The molecule has 0 bridgehead atoms. The average molecular weight is 429 g/mol. The molecule has 1 heterocycles. The van der Waals surface area contributed by atoms with Crippen LogP contribution in [0.4, 0.5) is 5.69 Å². The molecule has 0 radical (unpaired) electrons. The Balaban J connectivity index is 1.50. The van der Waals surface area contributed by atoms with E-state index in [0.717, 1.165) is 18.4 Å². The first kappa shape index (κ1) is 19.8. The van der Waals surface area contributed by atoms with Crippen LogP contribution in [-0.2, 0) is 14.8 Å². The quantitative estimate of drug-likeness (QED) is 0.556. The smallest absolute Gasteiger partial charge is 0.341 e. The highest BCUT2D eigenvalue weighted by atomic mass is 32.2. The maximum atomic E-state index is 12.7. The second-order valence-corrected chi connectivity index (χ2v) is 8.65. The Bertz CT molecular complexity index is 1190. The fraction of sp³-hybridized carbons (Fsp3) is 0.263. The molecule has 0 amide bonds. The summed E-state index contributed by atoms with van der Waals surface area (Å²) >= 11 is 0. The summed E-state index contributed by atoms with van der Waals surface area (Å²) in [7, 11) is -3.83. The van der Waals surface area contributed by atoms with Gasteiger partial charge in [-0.25, -0.2) is 17.9 Å². The zero-order valence-electron chi connectivity index (χ0n) is 16.0. The van der Waals surface area contributed by atoms with Crippen molar-refractivity contribution in [3.63, 3.8) is 0 Å². The third kappa shape index (κ3) is 4.25. The lowest BCUT2D eigenvalue weighted by Crippen LogP contribution is -2.14. The van der Waals surface area contributed by atoms with Crippen molar-refractivity contribution in [2.24, 2.45) is 0 Å². The van der Waals surface area contributed by atoms with Gasteiger partial charge in [0, 0.05) is 11.3 Å². The molecule has 156 valence electrons. The molecule has 1 fully saturated rings. The van der Waals surface area contributed by atoms with Crippen LogP contribution in [0.3, 0.4) is 0 Å². The van der Waals surface area contributed by atoms with E-state index in [1.54, 1.807) is 35.9 Å². The van der Waals surface area contributed by atoms with Crippen molar-refractivity contribution in [2.75, 3.05) is 11.3 Å². The summed E-state index contributed by atoms with van der Waals surface area (Å²) in [5.74, 6) is -0.143. The first-order valence-electron chi connectivity index (χ1n) is 9.20. The molecule has 2 aromatic carbocycles. The average Bonchev–Trinajstić information content (AvgIpc) is 3.44. The number of carboxylic acid groups (broad SMARTS) is 1. The van der Waals surface area contributed by atoms with E-state index in [2.05, 4.69) is 20.2 Å². The summed E-state index contributed by atoms with van der Waals surface area (Å²) in [6, 6.07) is 11.4. The lowest BCUT2D eigenvalue weighted by atomic mass is 10.2. The third-order valence-electron chi connectivity index (χ3n) is 4.59. The van der Waals surface area contributed by atoms with E-state index in [9.17, 15) is 13.2 Å². The molecule has 0 aliphatic heterocycles. The summed E-state index contributed by atoms with van der Waals surface area (Å²) in [6.45, 7) is 1.15. The van der Waals surface area contributed by atoms with Crippen molar-refractivity contribution in [1.82, 2.24) is 20.2 Å². The third-order valence-corrected chi connectivity index (χ3v) is 5.97. The Hall–Kier alpha value is -3.47. The summed E-state index contributed by atoms with van der Waals surface area (Å²) in [5.41, 5.74) is 1.71. The van der Waals surface area contributed by atoms with E-state index >= 15 is 0 Å². The van der Waals surface area contributed by atoms with Gasteiger partial charge >= 0.3 is 5.97 Å². The second-order valence-electron chi connectivity index (χ2n) is 6.97. The van der Waals surface area contributed by atoms with Crippen LogP contribution in [0.1, 0.15) is 24.4 Å². The van der Waals surface area contributed by atoms with Crippen LogP contribution in [0, 0.1) is 6.92 Å². The summed E-state index contributed by atoms with van der Waals surface area (Å²) in [4.78, 5) is 10.7. The van der Waals surface area contributed by atoms with Crippen LogP contribution >= 0.6 is 0 Å². The van der Waals surface area contributed by atoms with Crippen LogP contribution in [-0.4, -0.2) is 46.3 Å². The van der Waals surface area contributed by atoms with Crippen molar-refractivity contribution in [1.29, 1.82) is 0 Å². The van der Waals surface area contributed by atoms with Gasteiger partial charge in [0.1, 0.15) is 5.75 Å². The Morgan fingerprint density at radius 2 is 1.97 bits per heavy atom. The maximum absolute atomic E-state index is 12.7. The van der Waals surface area contributed by atoms with Gasteiger partial charge in [-0.1, -0.05) is 0 Å². The first-order valence-corrected chi connectivity index (χ1v) is 10.7. The summed E-state index contributed by atoms with van der Waals surface area (Å²) in [6.07, 6.45) is 2.10. The minimum Gasteiger partial charge on any atom is -0.482 e. The Morgan fingerprint density at radius 3 is 2.60 bits per heavy atom. The Morgan fingerprint density at radius 1 is 1.23 bits per heavy atom. The van der Waals surface area contributed by atoms with Gasteiger partial charge in [-0.3, -0.25) is 4.72 Å². The number of aromatic nitrogens is 4. The Kier molecular flexibility index (Phi) is 5.12. The van der Waals surface area contributed by atoms with Crippen molar-refractivity contribution in [3.05, 3.63) is 48.0 Å². The van der Waals surface area contributed by atoms with E-state index in [1.165, 1.54) is 18.2 Å². The highest BCUT2D eigenvalue weighted by Crippen LogP contribution is 2.36. The molecule has 0 atom stereocenters. The minimum absolute atomic E-state index is 0.0458. The zero-order valence-corrected chi connectivity index (χ0v) is 16.8. The van der Waals surface area contributed by atoms with Gasteiger partial charge in [-0.2, -0.15) is 0 Å². The number of nitrogens with one attached hydrogen (secondary N) is 1. The van der Waals surface area contributed by atoms with Crippen LogP contribution in [0.5, 0.6) is 5.75 Å². The highest BCUT2D eigenvalue weighted by molar-refractivity contribution is 7.92. The molecule has 4 rings (SSSR count). The number of aryl methyl sites for hydroxylation is 1. The molecule has 1 aliphatic carbocycles. The molecule has 30 heavy (non-hydrogen) atoms. The highest BCUT2D eigenvalue weighted by Gasteiger charge is 2.28. The van der Waals surface area contributed by atoms with Gasteiger partial charge in [-0.15, -0.1) is 5.10 Å². The second kappa shape index (κ2) is 7.75. The number of ether oxygens (including phenoxy) is 1. The minimum atomic E-state index is -3.83. The predicted octanol–water partition coefficient (Wildman–Crippen LogP) is 2.25.